The zero-order chi connectivity index (χ0) is 10.8. The van der Waals surface area contributed by atoms with Gasteiger partial charge >= 0.3 is 5.97 Å². The lowest BCUT2D eigenvalue weighted by molar-refractivity contribution is 0.0696. The SMILES string of the molecule is Cc1cnn(Cc2csc(C(=O)O)n2)c1. The minimum atomic E-state index is -0.983. The molecule has 0 saturated carbocycles. The molecule has 0 unspecified atom stereocenters. The maximum Gasteiger partial charge on any atom is 0.365 e. The highest BCUT2D eigenvalue weighted by Crippen LogP contribution is 2.10. The van der Waals surface area contributed by atoms with Crippen LogP contribution in [0.15, 0.2) is 17.8 Å². The van der Waals surface area contributed by atoms with Crippen LogP contribution in [0.5, 0.6) is 0 Å². The van der Waals surface area contributed by atoms with Crippen molar-refractivity contribution in [3.05, 3.63) is 34.0 Å². The van der Waals surface area contributed by atoms with E-state index in [1.165, 1.54) is 0 Å². The summed E-state index contributed by atoms with van der Waals surface area (Å²) in [4.78, 5) is 14.6. The van der Waals surface area contributed by atoms with Crippen LogP contribution in [0.1, 0.15) is 21.1 Å². The van der Waals surface area contributed by atoms with Crippen LogP contribution in [-0.2, 0) is 6.54 Å². The molecule has 0 amide bonds. The van der Waals surface area contributed by atoms with Gasteiger partial charge in [-0.25, -0.2) is 9.78 Å². The first-order chi connectivity index (χ1) is 7.15. The second-order valence-corrected chi connectivity index (χ2v) is 4.02. The van der Waals surface area contributed by atoms with E-state index in [4.69, 9.17) is 5.11 Å². The van der Waals surface area contributed by atoms with Crippen molar-refractivity contribution in [2.24, 2.45) is 0 Å². The molecule has 78 valence electrons. The van der Waals surface area contributed by atoms with Crippen molar-refractivity contribution in [1.82, 2.24) is 14.8 Å². The van der Waals surface area contributed by atoms with Crippen LogP contribution in [0.2, 0.25) is 0 Å². The van der Waals surface area contributed by atoms with Crippen LogP contribution in [0.25, 0.3) is 0 Å². The summed E-state index contributed by atoms with van der Waals surface area (Å²) in [5, 5.41) is 14.6. The number of aryl methyl sites for hydroxylation is 1. The smallest absolute Gasteiger partial charge is 0.365 e. The highest BCUT2D eigenvalue weighted by molar-refractivity contribution is 7.11. The molecule has 0 aliphatic heterocycles. The molecule has 2 rings (SSSR count). The van der Waals surface area contributed by atoms with E-state index < -0.39 is 5.97 Å². The van der Waals surface area contributed by atoms with Crippen molar-refractivity contribution in [2.75, 3.05) is 0 Å². The average Bonchev–Trinajstić information content (AvgIpc) is 2.76. The fourth-order valence-corrected chi connectivity index (χ4v) is 1.84. The van der Waals surface area contributed by atoms with Crippen molar-refractivity contribution in [2.45, 2.75) is 13.5 Å². The number of carboxylic acids is 1. The van der Waals surface area contributed by atoms with Gasteiger partial charge < -0.3 is 5.11 Å². The van der Waals surface area contributed by atoms with E-state index >= 15 is 0 Å². The number of hydrogen-bond acceptors (Lipinski definition) is 4. The number of carbonyl (C=O) groups is 1. The molecule has 0 saturated heterocycles. The van der Waals surface area contributed by atoms with Gasteiger partial charge in [-0.3, -0.25) is 4.68 Å². The molecule has 2 heterocycles. The molecule has 2 aromatic heterocycles. The molecule has 1 N–H and O–H groups in total. The minimum Gasteiger partial charge on any atom is -0.476 e. The Labute approximate surface area is 90.0 Å². The molecule has 0 spiro atoms. The summed E-state index contributed by atoms with van der Waals surface area (Å²) in [7, 11) is 0. The van der Waals surface area contributed by atoms with Crippen LogP contribution < -0.4 is 0 Å². The predicted molar refractivity (Wildman–Crippen MR) is 55.1 cm³/mol. The topological polar surface area (TPSA) is 68.0 Å². The lowest BCUT2D eigenvalue weighted by atomic mass is 10.4. The van der Waals surface area contributed by atoms with Crippen LogP contribution >= 0.6 is 11.3 Å². The number of aromatic nitrogens is 3. The van der Waals surface area contributed by atoms with E-state index in [2.05, 4.69) is 10.1 Å². The lowest BCUT2D eigenvalue weighted by Gasteiger charge is -1.95. The molecule has 0 radical (unpaired) electrons. The number of carboxylic acid groups (broad SMARTS) is 1. The first kappa shape index (κ1) is 9.85. The second kappa shape index (κ2) is 3.82. The first-order valence-electron chi connectivity index (χ1n) is 4.32. The highest BCUT2D eigenvalue weighted by Gasteiger charge is 2.09. The molecule has 6 heteroatoms. The highest BCUT2D eigenvalue weighted by atomic mass is 32.1. The number of nitrogens with zero attached hydrogens (tertiary/aromatic N) is 3. The van der Waals surface area contributed by atoms with Gasteiger partial charge in [0.1, 0.15) is 0 Å². The Bertz CT molecular complexity index is 489. The van der Waals surface area contributed by atoms with Gasteiger partial charge in [-0.1, -0.05) is 0 Å². The second-order valence-electron chi connectivity index (χ2n) is 3.16. The van der Waals surface area contributed by atoms with Crippen molar-refractivity contribution < 1.29 is 9.90 Å². The quantitative estimate of drug-likeness (QED) is 0.853. The molecular formula is C9H9N3O2S. The Morgan fingerprint density at radius 3 is 3.00 bits per heavy atom. The van der Waals surface area contributed by atoms with Gasteiger partial charge in [-0.2, -0.15) is 5.10 Å². The Hall–Kier alpha value is -1.69. The van der Waals surface area contributed by atoms with Gasteiger partial charge in [0.2, 0.25) is 5.01 Å². The van der Waals surface area contributed by atoms with E-state index in [9.17, 15) is 4.79 Å². The molecule has 2 aromatic rings. The van der Waals surface area contributed by atoms with Gasteiger partial charge in [-0.05, 0) is 12.5 Å². The van der Waals surface area contributed by atoms with Crippen LogP contribution in [0.3, 0.4) is 0 Å². The normalized spacial score (nSPS) is 10.5. The average molecular weight is 223 g/mol. The number of thiazole rings is 1. The van der Waals surface area contributed by atoms with Crippen molar-refractivity contribution in [1.29, 1.82) is 0 Å². The molecule has 0 aliphatic carbocycles. The molecule has 15 heavy (non-hydrogen) atoms. The lowest BCUT2D eigenvalue weighted by Crippen LogP contribution is -2.01. The van der Waals surface area contributed by atoms with Gasteiger partial charge in [-0.15, -0.1) is 11.3 Å². The summed E-state index contributed by atoms with van der Waals surface area (Å²) in [6, 6.07) is 0. The number of hydrogen-bond donors (Lipinski definition) is 1. The van der Waals surface area contributed by atoms with Gasteiger partial charge in [0.25, 0.3) is 0 Å². The Balaban J connectivity index is 2.14. The Kier molecular flexibility index (Phi) is 2.51. The molecule has 0 atom stereocenters. The fourth-order valence-electron chi connectivity index (χ4n) is 1.20. The van der Waals surface area contributed by atoms with Crippen molar-refractivity contribution >= 4 is 17.3 Å². The zero-order valence-corrected chi connectivity index (χ0v) is 8.86. The predicted octanol–water partition coefficient (Wildman–Crippen LogP) is 1.39. The van der Waals surface area contributed by atoms with E-state index in [0.29, 0.717) is 6.54 Å². The molecule has 0 aliphatic rings. The molecular weight excluding hydrogens is 214 g/mol. The number of rotatable bonds is 3. The fraction of sp³-hybridized carbons (Fsp3) is 0.222. The Morgan fingerprint density at radius 1 is 1.67 bits per heavy atom. The third kappa shape index (κ3) is 2.21. The molecule has 5 nitrogen and oxygen atoms in total. The van der Waals surface area contributed by atoms with Gasteiger partial charge in [0.05, 0.1) is 18.4 Å². The third-order valence-corrected chi connectivity index (χ3v) is 2.70. The van der Waals surface area contributed by atoms with Crippen LogP contribution in [0.4, 0.5) is 0 Å². The van der Waals surface area contributed by atoms with Crippen LogP contribution in [-0.4, -0.2) is 25.8 Å². The van der Waals surface area contributed by atoms with Crippen molar-refractivity contribution in [3.63, 3.8) is 0 Å². The monoisotopic (exact) mass is 223 g/mol. The van der Waals surface area contributed by atoms with Gasteiger partial charge in [0, 0.05) is 11.6 Å². The van der Waals surface area contributed by atoms with E-state index in [1.54, 1.807) is 16.3 Å². The van der Waals surface area contributed by atoms with Crippen molar-refractivity contribution in [3.8, 4) is 0 Å². The maximum atomic E-state index is 10.6. The minimum absolute atomic E-state index is 0.119. The zero-order valence-electron chi connectivity index (χ0n) is 8.04. The molecule has 0 fully saturated rings. The maximum absolute atomic E-state index is 10.6. The van der Waals surface area contributed by atoms with Gasteiger partial charge in [0.15, 0.2) is 0 Å². The number of aromatic carboxylic acids is 1. The standard InChI is InChI=1S/C9H9N3O2S/c1-6-2-10-12(3-6)4-7-5-15-8(11-7)9(13)14/h2-3,5H,4H2,1H3,(H,13,14). The van der Waals surface area contributed by atoms with Crippen LogP contribution in [0, 0.1) is 6.92 Å². The molecule has 0 aromatic carbocycles. The van der Waals surface area contributed by atoms with E-state index in [0.717, 1.165) is 22.6 Å². The Morgan fingerprint density at radius 2 is 2.47 bits per heavy atom. The third-order valence-electron chi connectivity index (χ3n) is 1.82. The van der Waals surface area contributed by atoms with E-state index in [-0.39, 0.29) is 5.01 Å². The summed E-state index contributed by atoms with van der Waals surface area (Å²) >= 11 is 1.13. The summed E-state index contributed by atoms with van der Waals surface area (Å²) in [5.41, 5.74) is 1.80. The first-order valence-corrected chi connectivity index (χ1v) is 5.20. The largest absolute Gasteiger partial charge is 0.476 e. The summed E-state index contributed by atoms with van der Waals surface area (Å²) in [6.45, 7) is 2.46. The summed E-state index contributed by atoms with van der Waals surface area (Å²) in [5.74, 6) is -0.983. The van der Waals surface area contributed by atoms with E-state index in [1.807, 2.05) is 13.1 Å². The summed E-state index contributed by atoms with van der Waals surface area (Å²) < 4.78 is 1.73. The molecule has 0 bridgehead atoms. The summed E-state index contributed by atoms with van der Waals surface area (Å²) in [6.07, 6.45) is 3.64.